The maximum Gasteiger partial charge on any atom is 0.295 e. The van der Waals surface area contributed by atoms with Crippen molar-refractivity contribution in [1.29, 1.82) is 0 Å². The number of primary amides is 1. The topological polar surface area (TPSA) is 108 Å². The largest absolute Gasteiger partial charge is 0.479 e. The van der Waals surface area contributed by atoms with E-state index in [4.69, 9.17) is 15.2 Å². The zero-order valence-electron chi connectivity index (χ0n) is 14.0. The maximum atomic E-state index is 11.7. The Morgan fingerprint density at radius 3 is 2.58 bits per heavy atom. The van der Waals surface area contributed by atoms with Gasteiger partial charge in [-0.1, -0.05) is 13.8 Å². The van der Waals surface area contributed by atoms with E-state index >= 15 is 0 Å². The lowest BCUT2D eigenvalue weighted by molar-refractivity contribution is -0.384. The third kappa shape index (κ3) is 2.37. The van der Waals surface area contributed by atoms with Crippen LogP contribution in [0.5, 0.6) is 5.75 Å². The monoisotopic (exact) mass is 335 g/mol. The fourth-order valence-electron chi connectivity index (χ4n) is 3.75. The number of nitrogens with zero attached hydrogens (tertiary/aromatic N) is 2. The highest BCUT2D eigenvalue weighted by molar-refractivity contribution is 5.85. The molecule has 1 aromatic carbocycles. The molecule has 0 spiro atoms. The van der Waals surface area contributed by atoms with Crippen molar-refractivity contribution in [2.45, 2.75) is 32.3 Å². The summed E-state index contributed by atoms with van der Waals surface area (Å²) >= 11 is 0. The van der Waals surface area contributed by atoms with Crippen molar-refractivity contribution in [2.75, 3.05) is 31.2 Å². The molecule has 0 aromatic heterocycles. The number of amides is 1. The molecule has 1 fully saturated rings. The number of rotatable bonds is 3. The van der Waals surface area contributed by atoms with Gasteiger partial charge in [-0.2, -0.15) is 0 Å². The smallest absolute Gasteiger partial charge is 0.295 e. The molecule has 1 amide bonds. The number of nitro groups is 1. The van der Waals surface area contributed by atoms with Crippen LogP contribution in [0, 0.1) is 17.0 Å². The zero-order valence-corrected chi connectivity index (χ0v) is 14.0. The van der Waals surface area contributed by atoms with Gasteiger partial charge in [-0.3, -0.25) is 14.9 Å². The van der Waals surface area contributed by atoms with Gasteiger partial charge in [0.1, 0.15) is 11.4 Å². The highest BCUT2D eigenvalue weighted by Gasteiger charge is 2.48. The summed E-state index contributed by atoms with van der Waals surface area (Å²) in [5, 5.41) is 11.7. The summed E-state index contributed by atoms with van der Waals surface area (Å²) in [6, 6.07) is 1.66. The second-order valence-electron chi connectivity index (χ2n) is 6.72. The van der Waals surface area contributed by atoms with E-state index in [9.17, 15) is 14.9 Å². The molecule has 0 aliphatic carbocycles. The zero-order chi connectivity index (χ0) is 17.6. The Morgan fingerprint density at radius 1 is 1.42 bits per heavy atom. The van der Waals surface area contributed by atoms with E-state index in [0.29, 0.717) is 48.9 Å². The molecule has 0 radical (unpaired) electrons. The summed E-state index contributed by atoms with van der Waals surface area (Å²) < 4.78 is 11.1. The second-order valence-corrected chi connectivity index (χ2v) is 6.72. The van der Waals surface area contributed by atoms with Crippen LogP contribution in [0.15, 0.2) is 6.07 Å². The average Bonchev–Trinajstić information content (AvgIpc) is 2.79. The molecule has 1 unspecified atom stereocenters. The van der Waals surface area contributed by atoms with Gasteiger partial charge in [-0.25, -0.2) is 0 Å². The molecule has 0 bridgehead atoms. The minimum absolute atomic E-state index is 0.0532. The Balaban J connectivity index is 2.18. The summed E-state index contributed by atoms with van der Waals surface area (Å²) in [5.74, 6) is -0.0837. The van der Waals surface area contributed by atoms with Crippen molar-refractivity contribution in [3.8, 4) is 5.75 Å². The van der Waals surface area contributed by atoms with Crippen LogP contribution >= 0.6 is 0 Å². The maximum absolute atomic E-state index is 11.7. The molecule has 24 heavy (non-hydrogen) atoms. The highest BCUT2D eigenvalue weighted by atomic mass is 16.6. The Labute approximate surface area is 139 Å². The van der Waals surface area contributed by atoms with E-state index in [2.05, 4.69) is 0 Å². The molecule has 1 atom stereocenters. The summed E-state index contributed by atoms with van der Waals surface area (Å²) in [6.07, 6.45) is -0.842. The van der Waals surface area contributed by atoms with E-state index in [1.807, 2.05) is 18.7 Å². The minimum Gasteiger partial charge on any atom is -0.479 e. The Kier molecular flexibility index (Phi) is 3.87. The normalized spacial score (nSPS) is 22.0. The standard InChI is InChI=1S/C16H21N3O5/c1-9-12-11(24-14(15(17)20)16(12,2)3)8-10(13(9)19(21)22)18-4-6-23-7-5-18/h8,14H,4-7H2,1-3H3,(H2,17,20). The number of nitro benzene ring substituents is 1. The molecule has 3 rings (SSSR count). The van der Waals surface area contributed by atoms with Crippen molar-refractivity contribution in [1.82, 2.24) is 0 Å². The lowest BCUT2D eigenvalue weighted by atomic mass is 9.78. The van der Waals surface area contributed by atoms with E-state index in [-0.39, 0.29) is 10.6 Å². The van der Waals surface area contributed by atoms with Crippen molar-refractivity contribution >= 4 is 17.3 Å². The number of fused-ring (bicyclic) bond motifs is 1. The summed E-state index contributed by atoms with van der Waals surface area (Å²) in [4.78, 5) is 25.0. The molecular weight excluding hydrogens is 314 g/mol. The van der Waals surface area contributed by atoms with Crippen LogP contribution in [-0.4, -0.2) is 43.2 Å². The molecule has 2 N–H and O–H groups in total. The first-order valence-corrected chi connectivity index (χ1v) is 7.86. The summed E-state index contributed by atoms with van der Waals surface area (Å²) in [6.45, 7) is 7.52. The van der Waals surface area contributed by atoms with Gasteiger partial charge in [-0.15, -0.1) is 0 Å². The van der Waals surface area contributed by atoms with E-state index in [1.54, 1.807) is 13.0 Å². The van der Waals surface area contributed by atoms with Crippen molar-refractivity contribution in [2.24, 2.45) is 5.73 Å². The highest BCUT2D eigenvalue weighted by Crippen LogP contribution is 2.50. The molecule has 2 aliphatic heterocycles. The third-order valence-electron chi connectivity index (χ3n) is 4.82. The molecule has 2 heterocycles. The van der Waals surface area contributed by atoms with Gasteiger partial charge in [0.2, 0.25) is 0 Å². The fraction of sp³-hybridized carbons (Fsp3) is 0.562. The summed E-state index contributed by atoms with van der Waals surface area (Å²) in [5.41, 5.74) is 6.48. The molecule has 2 aliphatic rings. The Bertz CT molecular complexity index is 710. The Morgan fingerprint density at radius 2 is 2.04 bits per heavy atom. The van der Waals surface area contributed by atoms with Crippen molar-refractivity contribution in [3.05, 3.63) is 27.3 Å². The van der Waals surface area contributed by atoms with Gasteiger partial charge in [0, 0.05) is 35.7 Å². The number of ether oxygens (including phenoxy) is 2. The number of hydrogen-bond acceptors (Lipinski definition) is 6. The summed E-state index contributed by atoms with van der Waals surface area (Å²) in [7, 11) is 0. The quantitative estimate of drug-likeness (QED) is 0.658. The number of nitrogens with two attached hydrogens (primary N) is 1. The molecular formula is C16H21N3O5. The first kappa shape index (κ1) is 16.5. The number of anilines is 1. The number of benzene rings is 1. The lowest BCUT2D eigenvalue weighted by Gasteiger charge is -2.29. The van der Waals surface area contributed by atoms with Crippen LogP contribution in [0.3, 0.4) is 0 Å². The lowest BCUT2D eigenvalue weighted by Crippen LogP contribution is -2.43. The van der Waals surface area contributed by atoms with Gasteiger partial charge >= 0.3 is 0 Å². The molecule has 1 aromatic rings. The van der Waals surface area contributed by atoms with Gasteiger partial charge in [0.25, 0.3) is 11.6 Å². The average molecular weight is 335 g/mol. The molecule has 1 saturated heterocycles. The predicted molar refractivity (Wildman–Crippen MR) is 87.5 cm³/mol. The van der Waals surface area contributed by atoms with Crippen molar-refractivity contribution < 1.29 is 19.2 Å². The van der Waals surface area contributed by atoms with E-state index in [0.717, 1.165) is 0 Å². The second kappa shape index (κ2) is 5.62. The number of carbonyl (C=O) groups excluding carboxylic acids is 1. The van der Waals surface area contributed by atoms with Crippen LogP contribution in [0.25, 0.3) is 0 Å². The van der Waals surface area contributed by atoms with E-state index < -0.39 is 17.4 Å². The van der Waals surface area contributed by atoms with Crippen LogP contribution in [0.4, 0.5) is 11.4 Å². The Hall–Kier alpha value is -2.35. The fourth-order valence-corrected chi connectivity index (χ4v) is 3.75. The molecule has 0 saturated carbocycles. The van der Waals surface area contributed by atoms with Crippen LogP contribution < -0.4 is 15.4 Å². The van der Waals surface area contributed by atoms with Crippen LogP contribution in [0.2, 0.25) is 0 Å². The van der Waals surface area contributed by atoms with Gasteiger partial charge in [0.05, 0.1) is 18.1 Å². The first-order valence-electron chi connectivity index (χ1n) is 7.86. The van der Waals surface area contributed by atoms with Gasteiger partial charge in [-0.05, 0) is 6.92 Å². The SMILES string of the molecule is Cc1c([N+](=O)[O-])c(N2CCOCC2)cc2c1C(C)(C)C(C(N)=O)O2. The molecule has 8 nitrogen and oxygen atoms in total. The van der Waals surface area contributed by atoms with Gasteiger partial charge < -0.3 is 20.1 Å². The number of carbonyl (C=O) groups is 1. The number of morpholine rings is 1. The predicted octanol–water partition coefficient (Wildman–Crippen LogP) is 1.26. The molecule has 8 heteroatoms. The van der Waals surface area contributed by atoms with Crippen LogP contribution in [-0.2, 0) is 14.9 Å². The van der Waals surface area contributed by atoms with Gasteiger partial charge in [0.15, 0.2) is 6.10 Å². The van der Waals surface area contributed by atoms with E-state index in [1.165, 1.54) is 0 Å². The number of hydrogen-bond donors (Lipinski definition) is 1. The third-order valence-corrected chi connectivity index (χ3v) is 4.82. The van der Waals surface area contributed by atoms with Crippen LogP contribution in [0.1, 0.15) is 25.0 Å². The minimum atomic E-state index is -0.842. The molecule has 130 valence electrons. The first-order chi connectivity index (χ1) is 11.2. The van der Waals surface area contributed by atoms with Crippen molar-refractivity contribution in [3.63, 3.8) is 0 Å².